The van der Waals surface area contributed by atoms with Crippen molar-refractivity contribution in [3.8, 4) is 11.0 Å². The zero-order valence-corrected chi connectivity index (χ0v) is 13.8. The van der Waals surface area contributed by atoms with Gasteiger partial charge >= 0.3 is 5.95 Å². The number of ether oxygens (including phenoxy) is 1. The minimum atomic E-state index is -0.0163. The topological polar surface area (TPSA) is 67.6 Å². The third-order valence-corrected chi connectivity index (χ3v) is 5.54. The molecule has 0 spiro atoms. The molecule has 5 rings (SSSR count). The molecule has 5 heterocycles. The van der Waals surface area contributed by atoms with Crippen LogP contribution in [-0.2, 0) is 0 Å². The van der Waals surface area contributed by atoms with Gasteiger partial charge in [0, 0.05) is 19.5 Å². The number of rotatable bonds is 4. The number of fused-ring (bicyclic) bond motifs is 3. The highest BCUT2D eigenvalue weighted by Crippen LogP contribution is 2.31. The van der Waals surface area contributed by atoms with E-state index in [4.69, 9.17) is 9.15 Å². The number of carbonyl (C=O) groups is 1. The maximum Gasteiger partial charge on any atom is 0.311 e. The molecular weight excluding hydrogens is 314 g/mol. The van der Waals surface area contributed by atoms with Crippen LogP contribution in [0.15, 0.2) is 22.7 Å². The smallest absolute Gasteiger partial charge is 0.311 e. The van der Waals surface area contributed by atoms with Gasteiger partial charge in [-0.05, 0) is 44.0 Å². The van der Waals surface area contributed by atoms with Gasteiger partial charge in [-0.15, -0.1) is 0 Å². The molecule has 122 valence electrons. The van der Waals surface area contributed by atoms with Gasteiger partial charge in [0.2, 0.25) is 0 Å². The van der Waals surface area contributed by atoms with Gasteiger partial charge in [0.1, 0.15) is 6.20 Å². The zero-order chi connectivity index (χ0) is 15.8. The van der Waals surface area contributed by atoms with Gasteiger partial charge < -0.3 is 19.4 Å². The maximum absolute atomic E-state index is 12.4. The predicted octanol–water partition coefficient (Wildman–Crippen LogP) is 2.66. The summed E-state index contributed by atoms with van der Waals surface area (Å²) in [5.41, 5.74) is 0. The van der Waals surface area contributed by atoms with E-state index in [-0.39, 0.29) is 11.9 Å². The Balaban J connectivity index is 1.39. The number of hydrogen-bond acceptors (Lipinski definition) is 6. The lowest BCUT2D eigenvalue weighted by molar-refractivity contribution is 0.0622. The van der Waals surface area contributed by atoms with Crippen molar-refractivity contribution in [3.63, 3.8) is 0 Å². The second-order valence-electron chi connectivity index (χ2n) is 6.14. The molecular formula is C16H19N3O3S. The first-order valence-electron chi connectivity index (χ1n) is 7.91. The molecule has 1 amide bonds. The Kier molecular flexibility index (Phi) is 3.82. The van der Waals surface area contributed by atoms with Crippen LogP contribution >= 0.6 is 11.3 Å². The highest BCUT2D eigenvalue weighted by atomic mass is 32.1. The molecule has 3 fully saturated rings. The molecule has 2 aromatic rings. The van der Waals surface area contributed by atoms with Crippen molar-refractivity contribution in [2.24, 2.45) is 5.92 Å². The minimum Gasteiger partial charge on any atom is -0.414 e. The number of amides is 1. The fourth-order valence-electron chi connectivity index (χ4n) is 3.35. The summed E-state index contributed by atoms with van der Waals surface area (Å²) >= 11 is 1.32. The second kappa shape index (κ2) is 5.98. The number of hydrogen-bond donors (Lipinski definition) is 1. The molecule has 0 aromatic carbocycles. The second-order valence-corrected chi connectivity index (χ2v) is 7.18. The third kappa shape index (κ3) is 3.11. The Hall–Kier alpha value is -1.86. The van der Waals surface area contributed by atoms with E-state index in [1.165, 1.54) is 43.5 Å². The quantitative estimate of drug-likeness (QED) is 0.932. The van der Waals surface area contributed by atoms with Gasteiger partial charge in [0.05, 0.1) is 4.88 Å². The average molecular weight is 333 g/mol. The van der Waals surface area contributed by atoms with Crippen LogP contribution in [0.4, 0.5) is 0 Å². The van der Waals surface area contributed by atoms with Crippen molar-refractivity contribution < 1.29 is 13.9 Å². The summed E-state index contributed by atoms with van der Waals surface area (Å²) in [7, 11) is 0. The molecule has 0 radical (unpaired) electrons. The van der Waals surface area contributed by atoms with E-state index >= 15 is 0 Å². The molecule has 3 aliphatic rings. The first-order chi connectivity index (χ1) is 11.2. The summed E-state index contributed by atoms with van der Waals surface area (Å²) in [6, 6.07) is 3.85. The van der Waals surface area contributed by atoms with Crippen LogP contribution in [0.5, 0.6) is 11.0 Å². The van der Waals surface area contributed by atoms with Crippen LogP contribution in [0.3, 0.4) is 0 Å². The van der Waals surface area contributed by atoms with Crippen molar-refractivity contribution in [2.75, 3.05) is 19.6 Å². The standard InChI is InChI=1S/C16H19N3O3S/c1-10-17-8-14(21-10)22-15-3-2-13(23-15)16(20)18-12-9-19-6-4-11(12)5-7-19/h2-3,8,11-12H,4-7,9H2,1H3,(H,18,20)/t12-/m0/s1. The van der Waals surface area contributed by atoms with Gasteiger partial charge in [-0.1, -0.05) is 11.3 Å². The average Bonchev–Trinajstić information content (AvgIpc) is 3.18. The predicted molar refractivity (Wildman–Crippen MR) is 86.1 cm³/mol. The molecule has 3 saturated heterocycles. The van der Waals surface area contributed by atoms with Crippen LogP contribution < -0.4 is 10.1 Å². The van der Waals surface area contributed by atoms with Crippen LogP contribution in [0.2, 0.25) is 0 Å². The normalized spacial score (nSPS) is 26.2. The summed E-state index contributed by atoms with van der Waals surface area (Å²) in [4.78, 5) is 19.5. The van der Waals surface area contributed by atoms with Crippen molar-refractivity contribution in [1.82, 2.24) is 15.2 Å². The summed E-state index contributed by atoms with van der Waals surface area (Å²) in [5, 5.41) is 3.81. The van der Waals surface area contributed by atoms with Crippen molar-refractivity contribution >= 4 is 17.2 Å². The fourth-order valence-corrected chi connectivity index (χ4v) is 4.12. The monoisotopic (exact) mass is 333 g/mol. The Morgan fingerprint density at radius 2 is 2.26 bits per heavy atom. The Morgan fingerprint density at radius 3 is 2.91 bits per heavy atom. The lowest BCUT2D eigenvalue weighted by atomic mass is 9.84. The molecule has 7 heteroatoms. The Bertz CT molecular complexity index is 703. The van der Waals surface area contributed by atoms with Gasteiger partial charge in [0.15, 0.2) is 11.0 Å². The fraction of sp³-hybridized carbons (Fsp3) is 0.500. The summed E-state index contributed by atoms with van der Waals surface area (Å²) in [5.74, 6) is 1.50. The number of piperidine rings is 3. The van der Waals surface area contributed by atoms with E-state index in [9.17, 15) is 4.79 Å². The van der Waals surface area contributed by atoms with Gasteiger partial charge in [0.25, 0.3) is 5.91 Å². The highest BCUT2D eigenvalue weighted by molar-refractivity contribution is 7.15. The van der Waals surface area contributed by atoms with Crippen molar-refractivity contribution in [3.05, 3.63) is 29.1 Å². The Labute approximate surface area is 138 Å². The van der Waals surface area contributed by atoms with E-state index in [0.717, 1.165) is 6.54 Å². The summed E-state index contributed by atoms with van der Waals surface area (Å²) < 4.78 is 10.8. The summed E-state index contributed by atoms with van der Waals surface area (Å²) in [6.07, 6.45) is 3.91. The largest absolute Gasteiger partial charge is 0.414 e. The van der Waals surface area contributed by atoms with Crippen LogP contribution in [-0.4, -0.2) is 41.5 Å². The molecule has 2 aromatic heterocycles. The zero-order valence-electron chi connectivity index (χ0n) is 12.9. The number of aryl methyl sites for hydroxylation is 1. The SMILES string of the molecule is Cc1ncc(Oc2ccc(C(=O)N[C@H]3CN4CCC3CC4)s2)o1. The van der Waals surface area contributed by atoms with Crippen LogP contribution in [0.1, 0.15) is 28.4 Å². The van der Waals surface area contributed by atoms with Crippen LogP contribution in [0.25, 0.3) is 0 Å². The highest BCUT2D eigenvalue weighted by Gasteiger charge is 2.35. The van der Waals surface area contributed by atoms with Gasteiger partial charge in [-0.25, -0.2) is 4.98 Å². The number of nitrogens with zero attached hydrogens (tertiary/aromatic N) is 2. The molecule has 1 N–H and O–H groups in total. The molecule has 0 unspecified atom stereocenters. The number of carbonyl (C=O) groups excluding carboxylic acids is 1. The molecule has 0 saturated carbocycles. The number of nitrogens with one attached hydrogen (secondary N) is 1. The number of thiophene rings is 1. The van der Waals surface area contributed by atoms with Crippen molar-refractivity contribution in [1.29, 1.82) is 0 Å². The Morgan fingerprint density at radius 1 is 1.43 bits per heavy atom. The molecule has 2 bridgehead atoms. The molecule has 3 aliphatic heterocycles. The van der Waals surface area contributed by atoms with E-state index in [0.29, 0.717) is 27.7 Å². The first-order valence-corrected chi connectivity index (χ1v) is 8.72. The van der Waals surface area contributed by atoms with E-state index in [1.54, 1.807) is 19.1 Å². The molecule has 0 aliphatic carbocycles. The van der Waals surface area contributed by atoms with E-state index in [2.05, 4.69) is 15.2 Å². The van der Waals surface area contributed by atoms with Gasteiger partial charge in [-0.3, -0.25) is 4.79 Å². The van der Waals surface area contributed by atoms with Crippen LogP contribution in [0, 0.1) is 12.8 Å². The maximum atomic E-state index is 12.4. The lowest BCUT2D eigenvalue weighted by Crippen LogP contribution is -2.57. The van der Waals surface area contributed by atoms with Crippen molar-refractivity contribution in [2.45, 2.75) is 25.8 Å². The molecule has 23 heavy (non-hydrogen) atoms. The van der Waals surface area contributed by atoms with Gasteiger partial charge in [-0.2, -0.15) is 0 Å². The van der Waals surface area contributed by atoms with E-state index in [1.807, 2.05) is 0 Å². The molecule has 1 atom stereocenters. The van der Waals surface area contributed by atoms with E-state index < -0.39 is 0 Å². The summed E-state index contributed by atoms with van der Waals surface area (Å²) in [6.45, 7) is 5.08. The first kappa shape index (κ1) is 14.7. The number of aromatic nitrogens is 1. The lowest BCUT2D eigenvalue weighted by Gasteiger charge is -2.44. The minimum absolute atomic E-state index is 0.0163. The third-order valence-electron chi connectivity index (χ3n) is 4.58. The number of oxazole rings is 1. The molecule has 6 nitrogen and oxygen atoms in total.